The lowest BCUT2D eigenvalue weighted by molar-refractivity contribution is -0.145. The maximum absolute atomic E-state index is 14.1. The summed E-state index contributed by atoms with van der Waals surface area (Å²) in [6, 6.07) is -1.86. The second-order valence-corrected chi connectivity index (χ2v) is 18.9. The molecule has 0 spiro atoms. The summed E-state index contributed by atoms with van der Waals surface area (Å²) in [4.78, 5) is 54.1. The topological polar surface area (TPSA) is 134 Å². The zero-order chi connectivity index (χ0) is 32.1. The summed E-state index contributed by atoms with van der Waals surface area (Å²) < 4.78 is 12.1. The predicted molar refractivity (Wildman–Crippen MR) is 165 cm³/mol. The Balaban J connectivity index is 2.35. The van der Waals surface area contributed by atoms with Crippen molar-refractivity contribution in [3.05, 3.63) is 25.3 Å². The lowest BCUT2D eigenvalue weighted by atomic mass is 10.0. The largest absolute Gasteiger partial charge is 0.479 e. The fraction of sp³-hybridized carbons (Fsp3) is 0.742. The number of nitrogens with one attached hydrogen (secondary N) is 2. The van der Waals surface area contributed by atoms with Gasteiger partial charge in [0, 0.05) is 18.9 Å². The lowest BCUT2D eigenvalue weighted by Gasteiger charge is -2.38. The van der Waals surface area contributed by atoms with E-state index in [-0.39, 0.29) is 30.3 Å². The molecule has 238 valence electrons. The molecule has 5 unspecified atom stereocenters. The molecule has 1 heterocycles. The van der Waals surface area contributed by atoms with Gasteiger partial charge in [-0.1, -0.05) is 45.8 Å². The number of amides is 3. The van der Waals surface area contributed by atoms with E-state index in [9.17, 15) is 24.3 Å². The molecule has 2 fully saturated rings. The Labute approximate surface area is 252 Å². The van der Waals surface area contributed by atoms with Crippen LogP contribution in [0, 0.1) is 5.92 Å². The first-order valence-corrected chi connectivity index (χ1v) is 18.0. The van der Waals surface area contributed by atoms with Gasteiger partial charge in [-0.3, -0.25) is 9.59 Å². The van der Waals surface area contributed by atoms with Gasteiger partial charge >= 0.3 is 12.1 Å². The summed E-state index contributed by atoms with van der Waals surface area (Å²) in [7, 11) is -2.26. The van der Waals surface area contributed by atoms with E-state index in [1.165, 1.54) is 11.0 Å². The molecule has 0 aromatic heterocycles. The van der Waals surface area contributed by atoms with Crippen LogP contribution in [0.4, 0.5) is 4.79 Å². The number of unbranched alkanes of at least 4 members (excludes halogenated alkanes) is 3. The predicted octanol–water partition coefficient (Wildman–Crippen LogP) is 5.15. The molecule has 3 amide bonds. The Bertz CT molecular complexity index is 1030. The molecule has 11 heteroatoms. The smallest absolute Gasteiger partial charge is 0.408 e. The molecule has 3 N–H and O–H groups in total. The first-order valence-electron chi connectivity index (χ1n) is 15.0. The number of hydrogen-bond acceptors (Lipinski definition) is 6. The Morgan fingerprint density at radius 1 is 1.10 bits per heavy atom. The minimum absolute atomic E-state index is 0.0903. The van der Waals surface area contributed by atoms with Crippen molar-refractivity contribution in [3.8, 4) is 0 Å². The molecule has 42 heavy (non-hydrogen) atoms. The number of likely N-dealkylation sites (tertiary alicyclic amines) is 1. The van der Waals surface area contributed by atoms with E-state index < -0.39 is 61.5 Å². The molecule has 5 atom stereocenters. The van der Waals surface area contributed by atoms with E-state index in [1.54, 1.807) is 20.8 Å². The summed E-state index contributed by atoms with van der Waals surface area (Å²) in [6.45, 7) is 23.4. The molecule has 2 aliphatic rings. The third-order valence-corrected chi connectivity index (χ3v) is 13.1. The van der Waals surface area contributed by atoms with Crippen LogP contribution in [-0.2, 0) is 23.5 Å². The zero-order valence-corrected chi connectivity index (χ0v) is 27.9. The monoisotopic (exact) mass is 607 g/mol. The van der Waals surface area contributed by atoms with E-state index in [1.807, 2.05) is 6.08 Å². The molecule has 0 aromatic rings. The van der Waals surface area contributed by atoms with Crippen LogP contribution in [0.2, 0.25) is 18.1 Å². The highest BCUT2D eigenvalue weighted by Crippen LogP contribution is 2.45. The molecule has 0 radical (unpaired) electrons. The summed E-state index contributed by atoms with van der Waals surface area (Å²) in [5, 5.41) is 15.2. The number of rotatable bonds is 14. The normalized spacial score (nSPS) is 24.9. The van der Waals surface area contributed by atoms with Gasteiger partial charge in [-0.25, -0.2) is 9.59 Å². The van der Waals surface area contributed by atoms with Gasteiger partial charge in [0.25, 0.3) is 0 Å². The second-order valence-electron chi connectivity index (χ2n) is 14.2. The summed E-state index contributed by atoms with van der Waals surface area (Å²) in [5.41, 5.74) is -2.18. The van der Waals surface area contributed by atoms with Crippen LogP contribution < -0.4 is 10.6 Å². The van der Waals surface area contributed by atoms with Gasteiger partial charge in [-0.2, -0.15) is 0 Å². The molecular formula is C31H53N3O7Si. The van der Waals surface area contributed by atoms with Crippen molar-refractivity contribution >= 4 is 32.2 Å². The number of nitrogens with zero attached hydrogens (tertiary/aromatic N) is 1. The summed E-state index contributed by atoms with van der Waals surface area (Å²) in [6.07, 6.45) is 6.40. The average Bonchev–Trinajstić information content (AvgIpc) is 3.41. The standard InChI is InChI=1S/C31H53N3O7Si/c1-11-13-14-15-16-17-23(32-28(39)40-29(3,4)5)26(36)34-20-22(41-42(9,10)30(6,7)8)18-24(34)25(35)33-31(27(37)38)19-21(31)12-2/h11-12,21-24H,1-2,13-20H2,3-10H3,(H,32,39)(H,33,35)(H,37,38). The summed E-state index contributed by atoms with van der Waals surface area (Å²) in [5.74, 6) is -2.47. The van der Waals surface area contributed by atoms with Crippen molar-refractivity contribution in [2.45, 2.75) is 134 Å². The number of alkyl carbamates (subject to hydrolysis) is 1. The van der Waals surface area contributed by atoms with Crippen LogP contribution >= 0.6 is 0 Å². The van der Waals surface area contributed by atoms with E-state index in [0.29, 0.717) is 12.8 Å². The van der Waals surface area contributed by atoms with E-state index in [4.69, 9.17) is 9.16 Å². The van der Waals surface area contributed by atoms with Crippen LogP contribution in [0.1, 0.15) is 86.5 Å². The number of carbonyl (C=O) groups excluding carboxylic acids is 3. The number of carboxylic acid groups (broad SMARTS) is 1. The van der Waals surface area contributed by atoms with Crippen molar-refractivity contribution in [1.82, 2.24) is 15.5 Å². The average molecular weight is 608 g/mol. The first kappa shape index (κ1) is 35.5. The molecule has 1 saturated heterocycles. The Kier molecular flexibility index (Phi) is 11.6. The van der Waals surface area contributed by atoms with Crippen LogP contribution in [-0.4, -0.2) is 78.1 Å². The van der Waals surface area contributed by atoms with Crippen LogP contribution in [0.25, 0.3) is 0 Å². The molecule has 2 rings (SSSR count). The Morgan fingerprint density at radius 2 is 1.74 bits per heavy atom. The lowest BCUT2D eigenvalue weighted by Crippen LogP contribution is -2.56. The highest BCUT2D eigenvalue weighted by molar-refractivity contribution is 6.74. The fourth-order valence-corrected chi connectivity index (χ4v) is 6.37. The second kappa shape index (κ2) is 13.8. The number of carboxylic acids is 1. The van der Waals surface area contributed by atoms with Gasteiger partial charge in [0.15, 0.2) is 8.32 Å². The van der Waals surface area contributed by atoms with Gasteiger partial charge in [0.2, 0.25) is 11.8 Å². The van der Waals surface area contributed by atoms with E-state index in [0.717, 1.165) is 19.3 Å². The maximum Gasteiger partial charge on any atom is 0.408 e. The number of hydrogen-bond donors (Lipinski definition) is 3. The Hall–Kier alpha value is -2.66. The van der Waals surface area contributed by atoms with Gasteiger partial charge in [-0.15, -0.1) is 13.2 Å². The highest BCUT2D eigenvalue weighted by Gasteiger charge is 2.61. The van der Waals surface area contributed by atoms with Crippen molar-refractivity contribution in [2.24, 2.45) is 5.92 Å². The minimum atomic E-state index is -2.26. The molecular weight excluding hydrogens is 554 g/mol. The minimum Gasteiger partial charge on any atom is -0.479 e. The zero-order valence-electron chi connectivity index (χ0n) is 26.9. The van der Waals surface area contributed by atoms with Crippen LogP contribution in [0.5, 0.6) is 0 Å². The van der Waals surface area contributed by atoms with Gasteiger partial charge in [0.1, 0.15) is 23.2 Å². The third kappa shape index (κ3) is 9.17. The molecule has 0 aromatic carbocycles. The number of ether oxygens (including phenoxy) is 1. The number of allylic oxidation sites excluding steroid dienone is 1. The van der Waals surface area contributed by atoms with Crippen LogP contribution in [0.15, 0.2) is 25.3 Å². The third-order valence-electron chi connectivity index (χ3n) is 8.53. The van der Waals surface area contributed by atoms with Crippen molar-refractivity contribution in [1.29, 1.82) is 0 Å². The maximum atomic E-state index is 14.1. The van der Waals surface area contributed by atoms with Gasteiger partial charge in [-0.05, 0) is 64.6 Å². The molecule has 1 aliphatic carbocycles. The molecule has 10 nitrogen and oxygen atoms in total. The number of aliphatic carboxylic acids is 1. The molecule has 1 saturated carbocycles. The van der Waals surface area contributed by atoms with E-state index in [2.05, 4.69) is 57.7 Å². The van der Waals surface area contributed by atoms with Crippen molar-refractivity contribution in [3.63, 3.8) is 0 Å². The first-order chi connectivity index (χ1) is 19.3. The van der Waals surface area contributed by atoms with E-state index >= 15 is 0 Å². The van der Waals surface area contributed by atoms with Crippen molar-refractivity contribution in [2.75, 3.05) is 6.54 Å². The Morgan fingerprint density at radius 3 is 2.24 bits per heavy atom. The SMILES string of the molecule is C=CCCCCCC(NC(=O)OC(C)(C)C)C(=O)N1CC(O[Si](C)(C)C(C)(C)C)CC1C(=O)NC1(C(=O)O)CC1C=C. The summed E-state index contributed by atoms with van der Waals surface area (Å²) >= 11 is 0. The molecule has 1 aliphatic heterocycles. The number of carbonyl (C=O) groups is 4. The molecule has 0 bridgehead atoms. The highest BCUT2D eigenvalue weighted by atomic mass is 28.4. The van der Waals surface area contributed by atoms with Gasteiger partial charge < -0.3 is 29.8 Å². The van der Waals surface area contributed by atoms with Crippen molar-refractivity contribution < 1.29 is 33.4 Å². The van der Waals surface area contributed by atoms with Gasteiger partial charge in [0.05, 0.1) is 6.10 Å². The quantitative estimate of drug-likeness (QED) is 0.141. The van der Waals surface area contributed by atoms with Crippen LogP contribution in [0.3, 0.4) is 0 Å². The fourth-order valence-electron chi connectivity index (χ4n) is 5.01.